The van der Waals surface area contributed by atoms with Gasteiger partial charge in [-0.05, 0) is 67.6 Å². The fourth-order valence-corrected chi connectivity index (χ4v) is 5.05. The van der Waals surface area contributed by atoms with Crippen LogP contribution >= 0.6 is 0 Å². The Morgan fingerprint density at radius 3 is 2.12 bits per heavy atom. The number of aromatic nitrogens is 1. The summed E-state index contributed by atoms with van der Waals surface area (Å²) in [4.78, 5) is 16.4. The standard InChI is InChI=1S/C30H31BF3N3O4/c1-28(2)29(3,4)41-31(40-28)19(15-18-13-14-25(35)37-26(18)30(32,33)34)16-36-27(38)39-17-24-22-11-7-5-9-20(22)21-10-6-8-12-23(21)24/h5-15,24H,16-17H2,1-4H3,(H2,35,37)(H,36,38). The largest absolute Gasteiger partial charge is 0.492 e. The van der Waals surface area contributed by atoms with Crippen LogP contribution in [0.15, 0.2) is 66.1 Å². The van der Waals surface area contributed by atoms with E-state index in [4.69, 9.17) is 19.8 Å². The maximum Gasteiger partial charge on any atom is 0.492 e. The molecule has 2 aliphatic rings. The highest BCUT2D eigenvalue weighted by molar-refractivity contribution is 6.56. The Bertz CT molecular complexity index is 1440. The predicted octanol–water partition coefficient (Wildman–Crippen LogP) is 6.24. The first-order chi connectivity index (χ1) is 19.3. The fraction of sp³-hybridized carbons (Fsp3) is 0.333. The summed E-state index contributed by atoms with van der Waals surface area (Å²) >= 11 is 0. The van der Waals surface area contributed by atoms with Gasteiger partial charge >= 0.3 is 19.4 Å². The molecule has 1 fully saturated rings. The average Bonchev–Trinajstić information content (AvgIpc) is 3.34. The van der Waals surface area contributed by atoms with E-state index in [1.165, 1.54) is 18.2 Å². The quantitative estimate of drug-likeness (QED) is 0.344. The number of hydrogen-bond acceptors (Lipinski definition) is 6. The van der Waals surface area contributed by atoms with Crippen molar-refractivity contribution in [1.29, 1.82) is 0 Å². The highest BCUT2D eigenvalue weighted by atomic mass is 19.4. The van der Waals surface area contributed by atoms with Crippen molar-refractivity contribution in [2.75, 3.05) is 18.9 Å². The van der Waals surface area contributed by atoms with Crippen LogP contribution in [0.25, 0.3) is 17.2 Å². The van der Waals surface area contributed by atoms with Gasteiger partial charge in [0.25, 0.3) is 0 Å². The van der Waals surface area contributed by atoms with E-state index in [0.717, 1.165) is 22.3 Å². The normalized spacial score (nSPS) is 17.7. The van der Waals surface area contributed by atoms with Gasteiger partial charge in [0.2, 0.25) is 0 Å². The Hall–Kier alpha value is -3.83. The molecule has 0 radical (unpaired) electrons. The molecule has 2 heterocycles. The van der Waals surface area contributed by atoms with Gasteiger partial charge in [-0.1, -0.05) is 54.6 Å². The van der Waals surface area contributed by atoms with E-state index in [2.05, 4.69) is 10.3 Å². The lowest BCUT2D eigenvalue weighted by Crippen LogP contribution is -2.41. The van der Waals surface area contributed by atoms with Crippen molar-refractivity contribution < 1.29 is 32.0 Å². The van der Waals surface area contributed by atoms with Crippen LogP contribution in [0.2, 0.25) is 0 Å². The SMILES string of the molecule is CC1(C)OB(C(=Cc2ccc(N)nc2C(F)(F)F)CNC(=O)OCC2c3ccccc3-c3ccccc32)OC1(C)C. The van der Waals surface area contributed by atoms with Crippen molar-refractivity contribution >= 4 is 25.1 Å². The van der Waals surface area contributed by atoms with Crippen LogP contribution in [0.1, 0.15) is 56.0 Å². The zero-order valence-corrected chi connectivity index (χ0v) is 23.2. The molecule has 41 heavy (non-hydrogen) atoms. The summed E-state index contributed by atoms with van der Waals surface area (Å²) < 4.78 is 59.1. The van der Waals surface area contributed by atoms with E-state index >= 15 is 0 Å². The molecule has 5 rings (SSSR count). The zero-order valence-electron chi connectivity index (χ0n) is 23.2. The third-order valence-electron chi connectivity index (χ3n) is 7.89. The molecule has 0 spiro atoms. The molecule has 1 aliphatic heterocycles. The van der Waals surface area contributed by atoms with E-state index in [0.29, 0.717) is 0 Å². The van der Waals surface area contributed by atoms with Crippen LogP contribution in [0.5, 0.6) is 0 Å². The van der Waals surface area contributed by atoms with E-state index in [-0.39, 0.29) is 35.9 Å². The summed E-state index contributed by atoms with van der Waals surface area (Å²) in [5.74, 6) is -0.398. The van der Waals surface area contributed by atoms with Gasteiger partial charge < -0.3 is 25.1 Å². The van der Waals surface area contributed by atoms with Crippen molar-refractivity contribution in [3.8, 4) is 11.1 Å². The minimum Gasteiger partial charge on any atom is -0.449 e. The average molecular weight is 565 g/mol. The lowest BCUT2D eigenvalue weighted by atomic mass is 9.76. The molecule has 0 saturated carbocycles. The lowest BCUT2D eigenvalue weighted by molar-refractivity contribution is -0.141. The number of ether oxygens (including phenoxy) is 1. The number of carbonyl (C=O) groups is 1. The third-order valence-corrected chi connectivity index (χ3v) is 7.89. The second kappa shape index (κ2) is 10.5. The molecule has 1 aromatic heterocycles. The Morgan fingerprint density at radius 2 is 1.56 bits per heavy atom. The number of nitrogen functional groups attached to an aromatic ring is 1. The number of nitrogens with two attached hydrogens (primary N) is 1. The molecular formula is C30H31BF3N3O4. The van der Waals surface area contributed by atoms with Crippen molar-refractivity contribution in [3.63, 3.8) is 0 Å². The number of hydrogen-bond donors (Lipinski definition) is 2. The van der Waals surface area contributed by atoms with Gasteiger partial charge in [0.1, 0.15) is 12.4 Å². The number of carbonyl (C=O) groups excluding carboxylic acids is 1. The number of alkyl halides is 3. The summed E-state index contributed by atoms with van der Waals surface area (Å²) in [5, 5.41) is 2.66. The van der Waals surface area contributed by atoms with Gasteiger partial charge in [0.15, 0.2) is 5.69 Å². The monoisotopic (exact) mass is 565 g/mol. The lowest BCUT2D eigenvalue weighted by Gasteiger charge is -2.32. The molecule has 1 amide bonds. The molecule has 0 unspecified atom stereocenters. The first-order valence-electron chi connectivity index (χ1n) is 13.3. The summed E-state index contributed by atoms with van der Waals surface area (Å²) in [5.41, 5.74) is 7.23. The number of rotatable bonds is 6. The number of halogens is 3. The molecule has 2 aromatic carbocycles. The molecule has 7 nitrogen and oxygen atoms in total. The van der Waals surface area contributed by atoms with Gasteiger partial charge in [-0.15, -0.1) is 0 Å². The molecule has 3 N–H and O–H groups in total. The molecule has 3 aromatic rings. The molecular weight excluding hydrogens is 534 g/mol. The van der Waals surface area contributed by atoms with Crippen LogP contribution in [-0.4, -0.2) is 42.5 Å². The highest BCUT2D eigenvalue weighted by Crippen LogP contribution is 2.44. The second-order valence-electron chi connectivity index (χ2n) is 11.2. The molecule has 11 heteroatoms. The van der Waals surface area contributed by atoms with Crippen molar-refractivity contribution in [2.45, 2.75) is 51.0 Å². The Kier molecular flexibility index (Phi) is 7.37. The van der Waals surface area contributed by atoms with Gasteiger partial charge in [-0.3, -0.25) is 0 Å². The second-order valence-corrected chi connectivity index (χ2v) is 11.2. The van der Waals surface area contributed by atoms with Crippen LogP contribution in [0.4, 0.5) is 23.8 Å². The predicted molar refractivity (Wildman–Crippen MR) is 151 cm³/mol. The summed E-state index contributed by atoms with van der Waals surface area (Å²) in [7, 11) is -1.02. The van der Waals surface area contributed by atoms with Gasteiger partial charge in [-0.25, -0.2) is 9.78 Å². The smallest absolute Gasteiger partial charge is 0.449 e. The van der Waals surface area contributed by atoms with Crippen molar-refractivity contribution in [2.24, 2.45) is 0 Å². The van der Waals surface area contributed by atoms with Crippen LogP contribution in [0.3, 0.4) is 0 Å². The zero-order chi connectivity index (χ0) is 29.6. The third kappa shape index (κ3) is 5.69. The number of nitrogens with one attached hydrogen (secondary N) is 1. The molecule has 0 bridgehead atoms. The summed E-state index contributed by atoms with van der Waals surface area (Å²) in [6, 6.07) is 18.4. The Morgan fingerprint density at radius 1 is 1.00 bits per heavy atom. The molecule has 1 saturated heterocycles. The molecule has 214 valence electrons. The first kappa shape index (κ1) is 28.7. The van der Waals surface area contributed by atoms with Gasteiger partial charge in [0, 0.05) is 18.0 Å². The topological polar surface area (TPSA) is 95.7 Å². The fourth-order valence-electron chi connectivity index (χ4n) is 5.05. The molecule has 0 atom stereocenters. The minimum atomic E-state index is -4.75. The number of amides is 1. The van der Waals surface area contributed by atoms with Gasteiger partial charge in [-0.2, -0.15) is 13.2 Å². The van der Waals surface area contributed by atoms with E-state index < -0.39 is 36.3 Å². The number of pyridine rings is 1. The van der Waals surface area contributed by atoms with E-state index in [1.807, 2.05) is 76.2 Å². The van der Waals surface area contributed by atoms with E-state index in [9.17, 15) is 18.0 Å². The van der Waals surface area contributed by atoms with Crippen LogP contribution < -0.4 is 11.1 Å². The summed E-state index contributed by atoms with van der Waals surface area (Å²) in [6.07, 6.45) is -4.20. The Labute approximate surface area is 237 Å². The highest BCUT2D eigenvalue weighted by Gasteiger charge is 2.52. The van der Waals surface area contributed by atoms with Gasteiger partial charge in [0.05, 0.1) is 11.2 Å². The molecule has 1 aliphatic carbocycles. The number of nitrogens with zero attached hydrogens (tertiary/aromatic N) is 1. The van der Waals surface area contributed by atoms with Crippen molar-refractivity contribution in [1.82, 2.24) is 10.3 Å². The van der Waals surface area contributed by atoms with Crippen LogP contribution in [0, 0.1) is 0 Å². The minimum absolute atomic E-state index is 0.0928. The summed E-state index contributed by atoms with van der Waals surface area (Å²) in [6.45, 7) is 7.22. The number of anilines is 1. The van der Waals surface area contributed by atoms with Crippen LogP contribution in [-0.2, 0) is 20.2 Å². The van der Waals surface area contributed by atoms with Crippen molar-refractivity contribution in [3.05, 3.63) is 88.5 Å². The number of alkyl carbamates (subject to hydrolysis) is 1. The maximum absolute atomic E-state index is 13.8. The maximum atomic E-state index is 13.8. The Balaban J connectivity index is 1.36. The number of benzene rings is 2. The first-order valence-corrected chi connectivity index (χ1v) is 13.3. The van der Waals surface area contributed by atoms with E-state index in [1.54, 1.807) is 0 Å². The number of fused-ring (bicyclic) bond motifs is 3.